The topological polar surface area (TPSA) is 29.9 Å². The fraction of sp³-hybridized carbons (Fsp3) is 0.812. The van der Waals surface area contributed by atoms with Crippen molar-refractivity contribution in [3.8, 4) is 0 Å². The molecule has 1 aliphatic carbocycles. The van der Waals surface area contributed by atoms with E-state index in [2.05, 4.69) is 35.9 Å². The first kappa shape index (κ1) is 15.8. The zero-order chi connectivity index (χ0) is 14.5. The van der Waals surface area contributed by atoms with Crippen LogP contribution >= 0.6 is 11.6 Å². The van der Waals surface area contributed by atoms with Crippen LogP contribution in [-0.4, -0.2) is 22.4 Å². The lowest BCUT2D eigenvalue weighted by molar-refractivity contribution is 0.225. The van der Waals surface area contributed by atoms with Gasteiger partial charge in [0.15, 0.2) is 0 Å². The molecule has 0 spiro atoms. The second-order valence-corrected chi connectivity index (χ2v) is 6.21. The van der Waals surface area contributed by atoms with Gasteiger partial charge in [-0.25, -0.2) is 0 Å². The van der Waals surface area contributed by atoms with Crippen LogP contribution in [0, 0.1) is 5.92 Å². The van der Waals surface area contributed by atoms with Gasteiger partial charge in [0.2, 0.25) is 0 Å². The molecular weight excluding hydrogens is 270 g/mol. The highest BCUT2D eigenvalue weighted by Gasteiger charge is 2.29. The predicted octanol–water partition coefficient (Wildman–Crippen LogP) is 3.83. The van der Waals surface area contributed by atoms with E-state index < -0.39 is 0 Å². The van der Waals surface area contributed by atoms with Crippen LogP contribution < -0.4 is 5.32 Å². The molecule has 1 N–H and O–H groups in total. The number of hydrogen-bond acceptors (Lipinski definition) is 2. The molecule has 0 amide bonds. The van der Waals surface area contributed by atoms with Gasteiger partial charge in [0, 0.05) is 19.0 Å². The van der Waals surface area contributed by atoms with Crippen molar-refractivity contribution in [1.82, 2.24) is 15.1 Å². The van der Waals surface area contributed by atoms with Crippen LogP contribution in [0.2, 0.25) is 5.02 Å². The molecule has 1 aromatic heterocycles. The van der Waals surface area contributed by atoms with Crippen molar-refractivity contribution >= 4 is 11.6 Å². The SMILES string of the molecule is CCCNC(Cc1c(Cl)c(CC)nn1CC)C1CCC1. The highest BCUT2D eigenvalue weighted by Crippen LogP contribution is 2.33. The number of halogens is 1. The van der Waals surface area contributed by atoms with E-state index in [4.69, 9.17) is 11.6 Å². The summed E-state index contributed by atoms with van der Waals surface area (Å²) >= 11 is 6.54. The molecule has 4 heteroatoms. The molecule has 1 heterocycles. The molecule has 0 bridgehead atoms. The Morgan fingerprint density at radius 3 is 2.60 bits per heavy atom. The standard InChI is InChI=1S/C16H28ClN3/c1-4-10-18-14(12-8-7-9-12)11-15-16(17)13(5-2)19-20(15)6-3/h12,14,18H,4-11H2,1-3H3. The monoisotopic (exact) mass is 297 g/mol. The second-order valence-electron chi connectivity index (χ2n) is 5.83. The van der Waals surface area contributed by atoms with Crippen LogP contribution in [0.25, 0.3) is 0 Å². The highest BCUT2D eigenvalue weighted by atomic mass is 35.5. The molecule has 0 aromatic carbocycles. The normalized spacial score (nSPS) is 17.2. The maximum atomic E-state index is 6.54. The summed E-state index contributed by atoms with van der Waals surface area (Å²) in [5, 5.41) is 9.27. The zero-order valence-corrected chi connectivity index (χ0v) is 13.8. The molecule has 1 fully saturated rings. The van der Waals surface area contributed by atoms with Gasteiger partial charge in [-0.3, -0.25) is 4.68 Å². The molecule has 1 saturated carbocycles. The molecule has 0 saturated heterocycles. The summed E-state index contributed by atoms with van der Waals surface area (Å²) in [6.45, 7) is 8.49. The third kappa shape index (κ3) is 3.37. The molecule has 114 valence electrons. The molecule has 1 unspecified atom stereocenters. The average Bonchev–Trinajstić information content (AvgIpc) is 2.70. The Hall–Kier alpha value is -0.540. The minimum Gasteiger partial charge on any atom is -0.313 e. The van der Waals surface area contributed by atoms with Crippen LogP contribution in [0.15, 0.2) is 0 Å². The molecule has 1 aliphatic rings. The number of hydrogen-bond donors (Lipinski definition) is 1. The predicted molar refractivity (Wildman–Crippen MR) is 85.4 cm³/mol. The molecule has 0 radical (unpaired) electrons. The zero-order valence-electron chi connectivity index (χ0n) is 13.1. The summed E-state index contributed by atoms with van der Waals surface area (Å²) in [6.07, 6.45) is 7.22. The van der Waals surface area contributed by atoms with Gasteiger partial charge in [-0.15, -0.1) is 0 Å². The van der Waals surface area contributed by atoms with Crippen molar-refractivity contribution in [3.63, 3.8) is 0 Å². The van der Waals surface area contributed by atoms with Crippen molar-refractivity contribution < 1.29 is 0 Å². The minimum absolute atomic E-state index is 0.563. The van der Waals surface area contributed by atoms with Crippen molar-refractivity contribution in [3.05, 3.63) is 16.4 Å². The number of nitrogens with one attached hydrogen (secondary N) is 1. The Balaban J connectivity index is 2.14. The third-order valence-corrected chi connectivity index (χ3v) is 4.92. The lowest BCUT2D eigenvalue weighted by Gasteiger charge is -2.34. The lowest BCUT2D eigenvalue weighted by atomic mass is 9.78. The van der Waals surface area contributed by atoms with Gasteiger partial charge in [-0.1, -0.05) is 31.9 Å². The van der Waals surface area contributed by atoms with E-state index >= 15 is 0 Å². The van der Waals surface area contributed by atoms with E-state index in [0.29, 0.717) is 6.04 Å². The van der Waals surface area contributed by atoms with Crippen LogP contribution in [0.1, 0.15) is 57.8 Å². The molecule has 3 nitrogen and oxygen atoms in total. The van der Waals surface area contributed by atoms with Crippen LogP contribution in [-0.2, 0) is 19.4 Å². The van der Waals surface area contributed by atoms with E-state index in [1.165, 1.54) is 31.4 Å². The first-order valence-corrected chi connectivity index (χ1v) is 8.56. The summed E-state index contributed by atoms with van der Waals surface area (Å²) in [4.78, 5) is 0. The van der Waals surface area contributed by atoms with Crippen molar-refractivity contribution in [2.45, 2.75) is 71.9 Å². The average molecular weight is 298 g/mol. The molecule has 2 rings (SSSR count). The number of nitrogens with zero attached hydrogens (tertiary/aromatic N) is 2. The highest BCUT2D eigenvalue weighted by molar-refractivity contribution is 6.31. The van der Waals surface area contributed by atoms with E-state index in [1.807, 2.05) is 0 Å². The van der Waals surface area contributed by atoms with Gasteiger partial charge < -0.3 is 5.32 Å². The van der Waals surface area contributed by atoms with Crippen molar-refractivity contribution in [1.29, 1.82) is 0 Å². The van der Waals surface area contributed by atoms with Gasteiger partial charge in [-0.2, -0.15) is 5.10 Å². The van der Waals surface area contributed by atoms with Gasteiger partial charge >= 0.3 is 0 Å². The van der Waals surface area contributed by atoms with Gasteiger partial charge in [-0.05, 0) is 45.1 Å². The van der Waals surface area contributed by atoms with Crippen molar-refractivity contribution in [2.24, 2.45) is 5.92 Å². The Bertz CT molecular complexity index is 424. The van der Waals surface area contributed by atoms with Crippen molar-refractivity contribution in [2.75, 3.05) is 6.54 Å². The van der Waals surface area contributed by atoms with E-state index in [-0.39, 0.29) is 0 Å². The first-order valence-electron chi connectivity index (χ1n) is 8.18. The Morgan fingerprint density at radius 1 is 1.35 bits per heavy atom. The third-order valence-electron chi connectivity index (χ3n) is 4.48. The van der Waals surface area contributed by atoms with Crippen LogP contribution in [0.5, 0.6) is 0 Å². The second kappa shape index (κ2) is 7.46. The molecule has 1 aromatic rings. The van der Waals surface area contributed by atoms with Gasteiger partial charge in [0.05, 0.1) is 16.4 Å². The number of aromatic nitrogens is 2. The quantitative estimate of drug-likeness (QED) is 0.790. The van der Waals surface area contributed by atoms with Crippen LogP contribution in [0.3, 0.4) is 0 Å². The van der Waals surface area contributed by atoms with E-state index in [9.17, 15) is 0 Å². The summed E-state index contributed by atoms with van der Waals surface area (Å²) in [7, 11) is 0. The smallest absolute Gasteiger partial charge is 0.0850 e. The summed E-state index contributed by atoms with van der Waals surface area (Å²) < 4.78 is 2.10. The molecule has 20 heavy (non-hydrogen) atoms. The van der Waals surface area contributed by atoms with E-state index in [1.54, 1.807) is 0 Å². The molecule has 0 aliphatic heterocycles. The largest absolute Gasteiger partial charge is 0.313 e. The fourth-order valence-corrected chi connectivity index (χ4v) is 3.34. The first-order chi connectivity index (χ1) is 9.71. The van der Waals surface area contributed by atoms with Gasteiger partial charge in [0.1, 0.15) is 0 Å². The summed E-state index contributed by atoms with van der Waals surface area (Å²) in [6, 6.07) is 0.563. The molecular formula is C16H28ClN3. The summed E-state index contributed by atoms with van der Waals surface area (Å²) in [5.74, 6) is 0.822. The van der Waals surface area contributed by atoms with E-state index in [0.717, 1.165) is 42.6 Å². The molecule has 1 atom stereocenters. The maximum Gasteiger partial charge on any atom is 0.0850 e. The fourth-order valence-electron chi connectivity index (χ4n) is 3.00. The number of aryl methyl sites for hydroxylation is 2. The summed E-state index contributed by atoms with van der Waals surface area (Å²) in [5.41, 5.74) is 2.28. The Labute approximate surface area is 128 Å². The van der Waals surface area contributed by atoms with Crippen LogP contribution in [0.4, 0.5) is 0 Å². The Morgan fingerprint density at radius 2 is 2.10 bits per heavy atom. The maximum absolute atomic E-state index is 6.54. The lowest BCUT2D eigenvalue weighted by Crippen LogP contribution is -2.42. The number of rotatable bonds is 8. The van der Waals surface area contributed by atoms with Gasteiger partial charge in [0.25, 0.3) is 0 Å². The minimum atomic E-state index is 0.563. The Kier molecular flexibility index (Phi) is 5.91.